The van der Waals surface area contributed by atoms with Gasteiger partial charge in [0.2, 0.25) is 0 Å². The molecule has 1 N–H and O–H groups in total. The Kier molecular flexibility index (Phi) is 4.81. The second-order valence-electron chi connectivity index (χ2n) is 4.27. The van der Waals surface area contributed by atoms with E-state index in [1.807, 2.05) is 24.4 Å². The first-order valence-corrected chi connectivity index (χ1v) is 8.17. The molecule has 0 fully saturated rings. The van der Waals surface area contributed by atoms with E-state index < -0.39 is 0 Å². The monoisotopic (exact) mass is 321 g/mol. The van der Waals surface area contributed by atoms with Gasteiger partial charge in [-0.2, -0.15) is 0 Å². The number of nitrogens with zero attached hydrogens (tertiary/aromatic N) is 4. The Morgan fingerprint density at radius 1 is 1.43 bits per heavy atom. The molecule has 0 aliphatic rings. The average molecular weight is 321 g/mol. The summed E-state index contributed by atoms with van der Waals surface area (Å²) in [5.74, 6) is 0. The van der Waals surface area contributed by atoms with Gasteiger partial charge >= 0.3 is 0 Å². The van der Waals surface area contributed by atoms with Gasteiger partial charge in [-0.1, -0.05) is 17.4 Å². The van der Waals surface area contributed by atoms with Gasteiger partial charge in [-0.25, -0.2) is 4.98 Å². The zero-order valence-electron chi connectivity index (χ0n) is 11.5. The predicted octanol–water partition coefficient (Wildman–Crippen LogP) is 2.07. The van der Waals surface area contributed by atoms with Gasteiger partial charge in [0.25, 0.3) is 0 Å². The smallest absolute Gasteiger partial charge is 0.180 e. The van der Waals surface area contributed by atoms with Crippen LogP contribution in [0.4, 0.5) is 0 Å². The van der Waals surface area contributed by atoms with E-state index >= 15 is 0 Å². The van der Waals surface area contributed by atoms with Crippen molar-refractivity contribution in [3.63, 3.8) is 0 Å². The topological polar surface area (TPSA) is 64.3 Å². The lowest BCUT2D eigenvalue weighted by molar-refractivity contribution is 0.199. The first kappa shape index (κ1) is 14.5. The molecule has 0 spiro atoms. The minimum atomic E-state index is 0.690. The van der Waals surface area contributed by atoms with Crippen molar-refractivity contribution >= 4 is 28.7 Å². The molecule has 8 heteroatoms. The number of rotatable bonds is 7. The molecule has 0 unspecified atom stereocenters. The lowest BCUT2D eigenvalue weighted by atomic mass is 10.4. The highest BCUT2D eigenvalue weighted by Gasteiger charge is 2.14. The quantitative estimate of drug-likeness (QED) is 0.672. The van der Waals surface area contributed by atoms with E-state index in [-0.39, 0.29) is 0 Å². The highest BCUT2D eigenvalue weighted by Crippen LogP contribution is 2.31. The van der Waals surface area contributed by atoms with Crippen molar-refractivity contribution in [2.24, 2.45) is 0 Å². The predicted molar refractivity (Wildman–Crippen MR) is 82.8 cm³/mol. The molecule has 0 saturated carbocycles. The van der Waals surface area contributed by atoms with Gasteiger partial charge in [0.15, 0.2) is 4.34 Å². The Hall–Kier alpha value is -1.48. The van der Waals surface area contributed by atoms with E-state index in [2.05, 4.69) is 24.9 Å². The molecule has 0 saturated heterocycles. The number of nitrogens with one attached hydrogen (secondary N) is 1. The van der Waals surface area contributed by atoms with E-state index in [1.165, 1.54) is 11.3 Å². The third-order valence-corrected chi connectivity index (χ3v) is 4.69. The molecule has 0 radical (unpaired) electrons. The maximum absolute atomic E-state index is 5.06. The highest BCUT2D eigenvalue weighted by molar-refractivity contribution is 8.01. The molecule has 21 heavy (non-hydrogen) atoms. The summed E-state index contributed by atoms with van der Waals surface area (Å²) in [6.07, 6.45) is 2.03. The Bertz CT molecular complexity index is 698. The SMILES string of the molecule is COCCNCc1c(Sc2nncs2)nc2ccccn12. The zero-order chi connectivity index (χ0) is 14.5. The average Bonchev–Trinajstić information content (AvgIpc) is 3.12. The van der Waals surface area contributed by atoms with Crippen LogP contribution in [0.2, 0.25) is 0 Å². The minimum absolute atomic E-state index is 0.690. The second kappa shape index (κ2) is 6.99. The number of hydrogen-bond acceptors (Lipinski definition) is 7. The fourth-order valence-electron chi connectivity index (χ4n) is 1.94. The molecule has 110 valence electrons. The van der Waals surface area contributed by atoms with Crippen LogP contribution in [0.1, 0.15) is 5.69 Å². The zero-order valence-corrected chi connectivity index (χ0v) is 13.2. The molecule has 3 aromatic rings. The van der Waals surface area contributed by atoms with Crippen molar-refractivity contribution in [3.8, 4) is 0 Å². The maximum atomic E-state index is 5.06. The molecular weight excluding hydrogens is 306 g/mol. The number of hydrogen-bond donors (Lipinski definition) is 1. The summed E-state index contributed by atoms with van der Waals surface area (Å²) in [6, 6.07) is 6.00. The minimum Gasteiger partial charge on any atom is -0.383 e. The lowest BCUT2D eigenvalue weighted by Gasteiger charge is -2.06. The standard InChI is InChI=1S/C13H15N5OS2/c1-19-7-5-14-8-10-12(21-13-17-15-9-20-13)16-11-4-2-3-6-18(10)11/h2-4,6,9,14H,5,7-8H2,1H3. The number of pyridine rings is 1. The fraction of sp³-hybridized carbons (Fsp3) is 0.308. The number of imidazole rings is 1. The summed E-state index contributed by atoms with van der Waals surface area (Å²) >= 11 is 3.07. The van der Waals surface area contributed by atoms with Gasteiger partial charge in [0, 0.05) is 26.4 Å². The number of aromatic nitrogens is 4. The largest absolute Gasteiger partial charge is 0.383 e. The van der Waals surface area contributed by atoms with Gasteiger partial charge in [-0.05, 0) is 23.9 Å². The van der Waals surface area contributed by atoms with Crippen LogP contribution in [-0.2, 0) is 11.3 Å². The summed E-state index contributed by atoms with van der Waals surface area (Å²) in [6.45, 7) is 2.23. The van der Waals surface area contributed by atoms with Crippen LogP contribution in [0.5, 0.6) is 0 Å². The third kappa shape index (κ3) is 3.41. The van der Waals surface area contributed by atoms with Crippen LogP contribution >= 0.6 is 23.1 Å². The number of ether oxygens (including phenoxy) is 1. The van der Waals surface area contributed by atoms with E-state index in [0.29, 0.717) is 6.61 Å². The van der Waals surface area contributed by atoms with Crippen molar-refractivity contribution < 1.29 is 4.74 Å². The van der Waals surface area contributed by atoms with Crippen molar-refractivity contribution in [2.75, 3.05) is 20.3 Å². The van der Waals surface area contributed by atoms with Crippen LogP contribution in [0.3, 0.4) is 0 Å². The first-order chi connectivity index (χ1) is 10.4. The maximum Gasteiger partial charge on any atom is 0.180 e. The van der Waals surface area contributed by atoms with Crippen LogP contribution < -0.4 is 5.32 Å². The molecule has 3 aromatic heterocycles. The molecule has 3 heterocycles. The summed E-state index contributed by atoms with van der Waals surface area (Å²) in [4.78, 5) is 4.68. The van der Waals surface area contributed by atoms with E-state index in [0.717, 1.165) is 33.8 Å². The molecule has 0 aromatic carbocycles. The van der Waals surface area contributed by atoms with Gasteiger partial charge in [-0.3, -0.25) is 0 Å². The van der Waals surface area contributed by atoms with Crippen molar-refractivity contribution in [1.82, 2.24) is 24.9 Å². The van der Waals surface area contributed by atoms with E-state index in [1.54, 1.807) is 24.4 Å². The molecule has 0 aliphatic heterocycles. The van der Waals surface area contributed by atoms with E-state index in [9.17, 15) is 0 Å². The van der Waals surface area contributed by atoms with Crippen LogP contribution in [0.15, 0.2) is 39.3 Å². The second-order valence-corrected chi connectivity index (χ2v) is 6.34. The highest BCUT2D eigenvalue weighted by atomic mass is 32.2. The number of methoxy groups -OCH3 is 1. The van der Waals surface area contributed by atoms with E-state index in [4.69, 9.17) is 4.74 Å². The lowest BCUT2D eigenvalue weighted by Crippen LogP contribution is -2.19. The van der Waals surface area contributed by atoms with Crippen molar-refractivity contribution in [2.45, 2.75) is 15.9 Å². The molecule has 0 aliphatic carbocycles. The normalized spacial score (nSPS) is 11.3. The molecule has 6 nitrogen and oxygen atoms in total. The first-order valence-electron chi connectivity index (χ1n) is 6.48. The summed E-state index contributed by atoms with van der Waals surface area (Å²) < 4.78 is 8.06. The summed E-state index contributed by atoms with van der Waals surface area (Å²) in [5.41, 5.74) is 3.80. The number of fused-ring (bicyclic) bond motifs is 1. The molecule has 0 bridgehead atoms. The molecule has 3 rings (SSSR count). The van der Waals surface area contributed by atoms with Gasteiger partial charge in [-0.15, -0.1) is 10.2 Å². The summed E-state index contributed by atoms with van der Waals surface area (Å²) in [7, 11) is 1.70. The Balaban J connectivity index is 1.86. The molecule has 0 atom stereocenters. The van der Waals surface area contributed by atoms with Gasteiger partial charge in [0.05, 0.1) is 12.3 Å². The van der Waals surface area contributed by atoms with Crippen LogP contribution in [0, 0.1) is 0 Å². The van der Waals surface area contributed by atoms with Crippen molar-refractivity contribution in [1.29, 1.82) is 0 Å². The Morgan fingerprint density at radius 3 is 3.19 bits per heavy atom. The van der Waals surface area contributed by atoms with Crippen LogP contribution in [-0.4, -0.2) is 39.8 Å². The third-order valence-electron chi connectivity index (χ3n) is 2.89. The summed E-state index contributed by atoms with van der Waals surface area (Å²) in [5, 5.41) is 12.3. The Labute approximate surface area is 130 Å². The van der Waals surface area contributed by atoms with Crippen molar-refractivity contribution in [3.05, 3.63) is 35.6 Å². The Morgan fingerprint density at radius 2 is 2.38 bits per heavy atom. The fourth-order valence-corrected chi connectivity index (χ4v) is 3.46. The molecular formula is C13H15N5OS2. The van der Waals surface area contributed by atoms with Crippen LogP contribution in [0.25, 0.3) is 5.65 Å². The van der Waals surface area contributed by atoms with Gasteiger partial charge < -0.3 is 14.5 Å². The molecule has 0 amide bonds. The van der Waals surface area contributed by atoms with Gasteiger partial charge in [0.1, 0.15) is 16.2 Å².